The quantitative estimate of drug-likeness (QED) is 0.901. The molecule has 2 rings (SSSR count). The van der Waals surface area contributed by atoms with E-state index in [0.717, 1.165) is 19.0 Å². The SMILES string of the molecule is C[C@H]1CCCN([C@@H](C)CNC(=O)c2cccnc2)C1. The molecule has 19 heavy (non-hydrogen) atoms. The Bertz CT molecular complexity index is 407. The van der Waals surface area contributed by atoms with Crippen molar-refractivity contribution in [3.05, 3.63) is 30.1 Å². The van der Waals surface area contributed by atoms with Crippen LogP contribution >= 0.6 is 0 Å². The Balaban J connectivity index is 1.80. The van der Waals surface area contributed by atoms with E-state index in [9.17, 15) is 4.79 Å². The summed E-state index contributed by atoms with van der Waals surface area (Å²) in [6.45, 7) is 7.47. The van der Waals surface area contributed by atoms with Crippen molar-refractivity contribution in [2.24, 2.45) is 5.92 Å². The van der Waals surface area contributed by atoms with E-state index >= 15 is 0 Å². The van der Waals surface area contributed by atoms with Crippen molar-refractivity contribution in [1.82, 2.24) is 15.2 Å². The van der Waals surface area contributed by atoms with Gasteiger partial charge in [0, 0.05) is 31.5 Å². The fourth-order valence-corrected chi connectivity index (χ4v) is 2.59. The van der Waals surface area contributed by atoms with Crippen molar-refractivity contribution < 1.29 is 4.79 Å². The maximum absolute atomic E-state index is 11.9. The Morgan fingerprint density at radius 2 is 2.47 bits per heavy atom. The highest BCUT2D eigenvalue weighted by Crippen LogP contribution is 2.17. The lowest BCUT2D eigenvalue weighted by Gasteiger charge is -2.35. The number of aromatic nitrogens is 1. The molecule has 1 aliphatic heterocycles. The molecule has 1 aromatic rings. The molecule has 0 spiro atoms. The van der Waals surface area contributed by atoms with Crippen molar-refractivity contribution >= 4 is 5.91 Å². The highest BCUT2D eigenvalue weighted by molar-refractivity contribution is 5.93. The van der Waals surface area contributed by atoms with Crippen molar-refractivity contribution in [3.63, 3.8) is 0 Å². The van der Waals surface area contributed by atoms with Gasteiger partial charge >= 0.3 is 0 Å². The number of nitrogens with one attached hydrogen (secondary N) is 1. The second-order valence-electron chi connectivity index (χ2n) is 5.54. The van der Waals surface area contributed by atoms with Crippen LogP contribution in [0, 0.1) is 5.92 Å². The van der Waals surface area contributed by atoms with Crippen molar-refractivity contribution in [2.75, 3.05) is 19.6 Å². The Morgan fingerprint density at radius 3 is 3.16 bits per heavy atom. The molecule has 1 N–H and O–H groups in total. The van der Waals surface area contributed by atoms with E-state index < -0.39 is 0 Å². The molecule has 104 valence electrons. The molecular formula is C15H23N3O. The van der Waals surface area contributed by atoms with Crippen molar-refractivity contribution in [1.29, 1.82) is 0 Å². The molecule has 1 fully saturated rings. The lowest BCUT2D eigenvalue weighted by molar-refractivity contribution is 0.0917. The number of carbonyl (C=O) groups excluding carboxylic acids is 1. The first-order chi connectivity index (χ1) is 9.16. The summed E-state index contributed by atoms with van der Waals surface area (Å²) in [5.41, 5.74) is 0.627. The summed E-state index contributed by atoms with van der Waals surface area (Å²) < 4.78 is 0. The number of rotatable bonds is 4. The van der Waals surface area contributed by atoms with Gasteiger partial charge in [-0.3, -0.25) is 14.7 Å². The lowest BCUT2D eigenvalue weighted by Crippen LogP contribution is -2.46. The fourth-order valence-electron chi connectivity index (χ4n) is 2.59. The molecule has 0 radical (unpaired) electrons. The van der Waals surface area contributed by atoms with E-state index in [2.05, 4.69) is 29.0 Å². The Morgan fingerprint density at radius 1 is 1.63 bits per heavy atom. The molecule has 1 saturated heterocycles. The molecule has 2 atom stereocenters. The van der Waals surface area contributed by atoms with E-state index in [1.807, 2.05) is 0 Å². The first-order valence-corrected chi connectivity index (χ1v) is 7.09. The van der Waals surface area contributed by atoms with Crippen LogP contribution in [-0.2, 0) is 0 Å². The first-order valence-electron chi connectivity index (χ1n) is 7.09. The molecule has 1 aliphatic rings. The molecule has 2 heterocycles. The number of likely N-dealkylation sites (tertiary alicyclic amines) is 1. The minimum absolute atomic E-state index is 0.0370. The van der Waals surface area contributed by atoms with Crippen LogP contribution in [0.25, 0.3) is 0 Å². The van der Waals surface area contributed by atoms with Crippen LogP contribution in [0.4, 0.5) is 0 Å². The lowest BCUT2D eigenvalue weighted by atomic mass is 9.99. The monoisotopic (exact) mass is 261 g/mol. The van der Waals surface area contributed by atoms with Gasteiger partial charge in [0.15, 0.2) is 0 Å². The van der Waals surface area contributed by atoms with Crippen molar-refractivity contribution in [2.45, 2.75) is 32.7 Å². The molecular weight excluding hydrogens is 238 g/mol. The summed E-state index contributed by atoms with van der Waals surface area (Å²) in [4.78, 5) is 18.4. The van der Waals surface area contributed by atoms with E-state index in [1.165, 1.54) is 12.8 Å². The van der Waals surface area contributed by atoms with Gasteiger partial charge in [-0.2, -0.15) is 0 Å². The molecule has 1 aromatic heterocycles. The minimum atomic E-state index is -0.0370. The van der Waals surface area contributed by atoms with Crippen LogP contribution in [0.2, 0.25) is 0 Å². The normalized spacial score (nSPS) is 21.9. The number of hydrogen-bond acceptors (Lipinski definition) is 3. The van der Waals surface area contributed by atoms with Gasteiger partial charge in [-0.25, -0.2) is 0 Å². The predicted molar refractivity (Wildman–Crippen MR) is 76.0 cm³/mol. The maximum atomic E-state index is 11.9. The first kappa shape index (κ1) is 14.0. The molecule has 0 aromatic carbocycles. The summed E-state index contributed by atoms with van der Waals surface area (Å²) in [7, 11) is 0. The van der Waals surface area contributed by atoms with Crippen LogP contribution in [0.1, 0.15) is 37.0 Å². The Kier molecular flexibility index (Phi) is 4.91. The average molecular weight is 261 g/mol. The molecule has 4 nitrogen and oxygen atoms in total. The predicted octanol–water partition coefficient (Wildman–Crippen LogP) is 1.93. The Hall–Kier alpha value is -1.42. The molecule has 0 bridgehead atoms. The van der Waals surface area contributed by atoms with Gasteiger partial charge < -0.3 is 5.32 Å². The van der Waals surface area contributed by atoms with Gasteiger partial charge in [0.05, 0.1) is 5.56 Å². The second-order valence-corrected chi connectivity index (χ2v) is 5.54. The minimum Gasteiger partial charge on any atom is -0.350 e. The average Bonchev–Trinajstić information content (AvgIpc) is 2.45. The third kappa shape index (κ3) is 4.03. The van der Waals surface area contributed by atoms with Gasteiger partial charge in [0.25, 0.3) is 5.91 Å². The molecule has 0 saturated carbocycles. The summed E-state index contributed by atoms with van der Waals surface area (Å²) in [5.74, 6) is 0.732. The zero-order valence-electron chi connectivity index (χ0n) is 11.8. The maximum Gasteiger partial charge on any atom is 0.252 e. The summed E-state index contributed by atoms with van der Waals surface area (Å²) in [5, 5.41) is 2.99. The van der Waals surface area contributed by atoms with Crippen LogP contribution in [0.3, 0.4) is 0 Å². The van der Waals surface area contributed by atoms with Crippen LogP contribution in [-0.4, -0.2) is 41.5 Å². The van der Waals surface area contributed by atoms with Crippen LogP contribution in [0.15, 0.2) is 24.5 Å². The number of piperidine rings is 1. The highest BCUT2D eigenvalue weighted by atomic mass is 16.1. The summed E-state index contributed by atoms with van der Waals surface area (Å²) in [6.07, 6.45) is 5.87. The molecule has 4 heteroatoms. The van der Waals surface area contributed by atoms with Gasteiger partial charge in [-0.15, -0.1) is 0 Å². The Labute approximate surface area is 115 Å². The number of hydrogen-bond donors (Lipinski definition) is 1. The van der Waals surface area contributed by atoms with Crippen LogP contribution < -0.4 is 5.32 Å². The number of amides is 1. The van der Waals surface area contributed by atoms with Crippen molar-refractivity contribution in [3.8, 4) is 0 Å². The fraction of sp³-hybridized carbons (Fsp3) is 0.600. The second kappa shape index (κ2) is 6.66. The number of carbonyl (C=O) groups is 1. The standard InChI is InChI=1S/C15H23N3O/c1-12-5-4-8-18(11-12)13(2)9-17-15(19)14-6-3-7-16-10-14/h3,6-7,10,12-13H,4-5,8-9,11H2,1-2H3,(H,17,19)/t12-,13-/m0/s1. The molecule has 0 unspecified atom stereocenters. The number of pyridine rings is 1. The third-order valence-electron chi connectivity index (χ3n) is 3.79. The van der Waals surface area contributed by atoms with E-state index in [0.29, 0.717) is 18.2 Å². The number of nitrogens with zero attached hydrogens (tertiary/aromatic N) is 2. The smallest absolute Gasteiger partial charge is 0.252 e. The van der Waals surface area contributed by atoms with Gasteiger partial charge in [0.1, 0.15) is 0 Å². The molecule has 1 amide bonds. The van der Waals surface area contributed by atoms with Crippen LogP contribution in [0.5, 0.6) is 0 Å². The zero-order valence-corrected chi connectivity index (χ0v) is 11.8. The molecule has 0 aliphatic carbocycles. The van der Waals surface area contributed by atoms with E-state index in [4.69, 9.17) is 0 Å². The van der Waals surface area contributed by atoms with Gasteiger partial charge in [0.2, 0.25) is 0 Å². The zero-order chi connectivity index (χ0) is 13.7. The largest absolute Gasteiger partial charge is 0.350 e. The topological polar surface area (TPSA) is 45.2 Å². The van der Waals surface area contributed by atoms with Gasteiger partial charge in [-0.1, -0.05) is 6.92 Å². The van der Waals surface area contributed by atoms with E-state index in [-0.39, 0.29) is 5.91 Å². The van der Waals surface area contributed by atoms with Gasteiger partial charge in [-0.05, 0) is 44.4 Å². The summed E-state index contributed by atoms with van der Waals surface area (Å²) >= 11 is 0. The van der Waals surface area contributed by atoms with E-state index in [1.54, 1.807) is 24.5 Å². The summed E-state index contributed by atoms with van der Waals surface area (Å²) in [6, 6.07) is 3.96. The highest BCUT2D eigenvalue weighted by Gasteiger charge is 2.21. The third-order valence-corrected chi connectivity index (χ3v) is 3.79.